The number of benzene rings is 1. The zero-order valence-electron chi connectivity index (χ0n) is 11.7. The fourth-order valence-corrected chi connectivity index (χ4v) is 4.14. The molecule has 112 valence electrons. The van der Waals surface area contributed by atoms with Gasteiger partial charge in [0.15, 0.2) is 0 Å². The summed E-state index contributed by atoms with van der Waals surface area (Å²) in [5.74, 6) is -0.605. The van der Waals surface area contributed by atoms with Crippen LogP contribution < -0.4 is 0 Å². The van der Waals surface area contributed by atoms with E-state index in [1.54, 1.807) is 6.92 Å². The van der Waals surface area contributed by atoms with Crippen LogP contribution in [0, 0.1) is 18.7 Å². The third kappa shape index (κ3) is 3.02. The molecule has 0 radical (unpaired) electrons. The van der Waals surface area contributed by atoms with Gasteiger partial charge in [0.2, 0.25) is 10.0 Å². The van der Waals surface area contributed by atoms with Gasteiger partial charge in [-0.2, -0.15) is 0 Å². The first-order valence-corrected chi connectivity index (χ1v) is 8.17. The fraction of sp³-hybridized carbons (Fsp3) is 0.571. The second-order valence-corrected chi connectivity index (χ2v) is 7.47. The van der Waals surface area contributed by atoms with Crippen LogP contribution in [0.25, 0.3) is 0 Å². The van der Waals surface area contributed by atoms with E-state index in [-0.39, 0.29) is 17.4 Å². The number of aliphatic hydroxyl groups excluding tert-OH is 1. The predicted octanol–water partition coefficient (Wildman–Crippen LogP) is 1.92. The lowest BCUT2D eigenvalue weighted by Gasteiger charge is -2.23. The van der Waals surface area contributed by atoms with Gasteiger partial charge in [0, 0.05) is 13.6 Å². The maximum atomic E-state index is 13.3. The highest BCUT2D eigenvalue weighted by Gasteiger charge is 2.31. The molecule has 1 aliphatic rings. The molecule has 2 unspecified atom stereocenters. The molecule has 0 aliphatic heterocycles. The molecular weight excluding hydrogens is 281 g/mol. The summed E-state index contributed by atoms with van der Waals surface area (Å²) in [5, 5.41) is 9.79. The average molecular weight is 301 g/mol. The van der Waals surface area contributed by atoms with E-state index in [1.807, 2.05) is 0 Å². The second kappa shape index (κ2) is 5.79. The molecule has 0 bridgehead atoms. The van der Waals surface area contributed by atoms with Crippen molar-refractivity contribution in [3.63, 3.8) is 0 Å². The van der Waals surface area contributed by atoms with E-state index in [1.165, 1.54) is 23.5 Å². The van der Waals surface area contributed by atoms with Crippen LogP contribution in [0.15, 0.2) is 23.1 Å². The minimum atomic E-state index is -3.72. The zero-order chi connectivity index (χ0) is 14.9. The van der Waals surface area contributed by atoms with Crippen LogP contribution in [0.2, 0.25) is 0 Å². The van der Waals surface area contributed by atoms with Crippen molar-refractivity contribution in [3.8, 4) is 0 Å². The Labute approximate surface area is 119 Å². The minimum Gasteiger partial charge on any atom is -0.393 e. The summed E-state index contributed by atoms with van der Waals surface area (Å²) in [6.45, 7) is 1.91. The van der Waals surface area contributed by atoms with Crippen LogP contribution in [0.3, 0.4) is 0 Å². The molecule has 1 N–H and O–H groups in total. The predicted molar refractivity (Wildman–Crippen MR) is 74.3 cm³/mol. The van der Waals surface area contributed by atoms with Crippen molar-refractivity contribution in [3.05, 3.63) is 29.6 Å². The number of sulfonamides is 1. The van der Waals surface area contributed by atoms with Crippen molar-refractivity contribution in [1.82, 2.24) is 4.31 Å². The Balaban J connectivity index is 2.23. The van der Waals surface area contributed by atoms with Gasteiger partial charge in [0.05, 0.1) is 11.0 Å². The number of aliphatic hydroxyl groups is 1. The van der Waals surface area contributed by atoms with E-state index in [2.05, 4.69) is 0 Å². The van der Waals surface area contributed by atoms with Crippen LogP contribution in [0.1, 0.15) is 24.8 Å². The molecule has 2 rings (SSSR count). The molecule has 1 saturated carbocycles. The maximum absolute atomic E-state index is 13.3. The fourth-order valence-electron chi connectivity index (χ4n) is 2.68. The molecule has 1 aromatic rings. The number of halogens is 1. The lowest BCUT2D eigenvalue weighted by molar-refractivity contribution is 0.123. The molecule has 6 heteroatoms. The van der Waals surface area contributed by atoms with Crippen LogP contribution in [0.4, 0.5) is 4.39 Å². The first kappa shape index (κ1) is 15.4. The van der Waals surface area contributed by atoms with E-state index in [9.17, 15) is 17.9 Å². The zero-order valence-corrected chi connectivity index (χ0v) is 12.5. The Morgan fingerprint density at radius 2 is 2.10 bits per heavy atom. The van der Waals surface area contributed by atoms with Crippen molar-refractivity contribution in [1.29, 1.82) is 0 Å². The second-order valence-electron chi connectivity index (χ2n) is 5.45. The van der Waals surface area contributed by atoms with Crippen LogP contribution in [-0.4, -0.2) is 37.5 Å². The first-order valence-electron chi connectivity index (χ1n) is 6.73. The molecule has 1 aliphatic carbocycles. The van der Waals surface area contributed by atoms with E-state index < -0.39 is 21.9 Å². The molecule has 4 nitrogen and oxygen atoms in total. The van der Waals surface area contributed by atoms with Gasteiger partial charge in [0.1, 0.15) is 5.82 Å². The summed E-state index contributed by atoms with van der Waals surface area (Å²) in [4.78, 5) is -0.00696. The number of nitrogens with zero attached hydrogens (tertiary/aromatic N) is 1. The van der Waals surface area contributed by atoms with Gasteiger partial charge < -0.3 is 5.11 Å². The summed E-state index contributed by atoms with van der Waals surface area (Å²) in [5.41, 5.74) is 0.519. The van der Waals surface area contributed by atoms with Crippen molar-refractivity contribution < 1.29 is 17.9 Å². The standard InChI is InChI=1S/C14H20FNO3S/c1-10-6-7-12(15)8-14(10)20(18,19)16(2)9-11-4-3-5-13(11)17/h6-8,11,13,17H,3-5,9H2,1-2H3. The number of hydrogen-bond acceptors (Lipinski definition) is 3. The summed E-state index contributed by atoms with van der Waals surface area (Å²) in [7, 11) is -2.24. The first-order chi connectivity index (χ1) is 9.32. The largest absolute Gasteiger partial charge is 0.393 e. The van der Waals surface area contributed by atoms with Crippen molar-refractivity contribution in [2.75, 3.05) is 13.6 Å². The van der Waals surface area contributed by atoms with Gasteiger partial charge in [-0.05, 0) is 43.4 Å². The van der Waals surface area contributed by atoms with E-state index in [0.29, 0.717) is 5.56 Å². The monoisotopic (exact) mass is 301 g/mol. The molecular formula is C14H20FNO3S. The normalized spacial score (nSPS) is 23.4. The van der Waals surface area contributed by atoms with E-state index in [4.69, 9.17) is 0 Å². The lowest BCUT2D eigenvalue weighted by Crippen LogP contribution is -2.34. The van der Waals surface area contributed by atoms with Gasteiger partial charge in [-0.3, -0.25) is 0 Å². The maximum Gasteiger partial charge on any atom is 0.243 e. The summed E-state index contributed by atoms with van der Waals surface area (Å²) in [6, 6.07) is 3.75. The van der Waals surface area contributed by atoms with Crippen molar-refractivity contribution in [2.24, 2.45) is 5.92 Å². The summed E-state index contributed by atoms with van der Waals surface area (Å²) < 4.78 is 39.5. The average Bonchev–Trinajstić information content (AvgIpc) is 2.78. The van der Waals surface area contributed by atoms with Crippen molar-refractivity contribution in [2.45, 2.75) is 37.2 Å². The topological polar surface area (TPSA) is 57.6 Å². The molecule has 2 atom stereocenters. The Kier molecular flexibility index (Phi) is 4.46. The molecule has 1 aromatic carbocycles. The van der Waals surface area contributed by atoms with Gasteiger partial charge >= 0.3 is 0 Å². The molecule has 0 saturated heterocycles. The minimum absolute atomic E-state index is 0.00696. The number of rotatable bonds is 4. The lowest BCUT2D eigenvalue weighted by atomic mass is 10.1. The smallest absolute Gasteiger partial charge is 0.243 e. The van der Waals surface area contributed by atoms with E-state index in [0.717, 1.165) is 25.3 Å². The highest BCUT2D eigenvalue weighted by Crippen LogP contribution is 2.28. The SMILES string of the molecule is Cc1ccc(F)cc1S(=O)(=O)N(C)CC1CCCC1O. The molecule has 20 heavy (non-hydrogen) atoms. The Hall–Kier alpha value is -0.980. The highest BCUT2D eigenvalue weighted by molar-refractivity contribution is 7.89. The van der Waals surface area contributed by atoms with Crippen LogP contribution in [0.5, 0.6) is 0 Å². The van der Waals surface area contributed by atoms with Gasteiger partial charge in [-0.25, -0.2) is 17.1 Å². The number of hydrogen-bond donors (Lipinski definition) is 1. The van der Waals surface area contributed by atoms with Gasteiger partial charge in [0.25, 0.3) is 0 Å². The molecule has 0 spiro atoms. The van der Waals surface area contributed by atoms with Gasteiger partial charge in [-0.15, -0.1) is 0 Å². The van der Waals surface area contributed by atoms with Crippen molar-refractivity contribution >= 4 is 10.0 Å². The van der Waals surface area contributed by atoms with Crippen LogP contribution >= 0.6 is 0 Å². The third-order valence-corrected chi connectivity index (χ3v) is 5.91. The van der Waals surface area contributed by atoms with Gasteiger partial charge in [-0.1, -0.05) is 12.5 Å². The molecule has 0 amide bonds. The Morgan fingerprint density at radius 3 is 2.70 bits per heavy atom. The molecule has 0 heterocycles. The van der Waals surface area contributed by atoms with E-state index >= 15 is 0 Å². The Bertz CT molecular complexity index is 588. The third-order valence-electron chi connectivity index (χ3n) is 3.95. The highest BCUT2D eigenvalue weighted by atomic mass is 32.2. The molecule has 1 fully saturated rings. The number of aryl methyl sites for hydroxylation is 1. The quantitative estimate of drug-likeness (QED) is 0.924. The molecule has 0 aromatic heterocycles. The Morgan fingerprint density at radius 1 is 1.40 bits per heavy atom. The van der Waals surface area contributed by atoms with Crippen LogP contribution in [-0.2, 0) is 10.0 Å². The summed E-state index contributed by atoms with van der Waals surface area (Å²) >= 11 is 0. The summed E-state index contributed by atoms with van der Waals surface area (Å²) in [6.07, 6.45) is 2.01.